The van der Waals surface area contributed by atoms with Crippen LogP contribution in [-0.4, -0.2) is 16.8 Å². The number of rotatable bonds is 4. The molecule has 0 saturated carbocycles. The smallest absolute Gasteiger partial charge is 0.162 e. The van der Waals surface area contributed by atoms with Crippen LogP contribution in [0.5, 0.6) is 0 Å². The molecule has 19 heavy (non-hydrogen) atoms. The first kappa shape index (κ1) is 12.3. The molecule has 0 N–H and O–H groups in total. The summed E-state index contributed by atoms with van der Waals surface area (Å²) in [6, 6.07) is 9.78. The zero-order chi connectivity index (χ0) is 13.2. The molecule has 0 atom stereocenters. The fourth-order valence-corrected chi connectivity index (χ4v) is 2.37. The Hall–Kier alpha value is -1.78. The lowest BCUT2D eigenvalue weighted by atomic mass is 10.2. The highest BCUT2D eigenvalue weighted by Crippen LogP contribution is 2.24. The average Bonchev–Trinajstić information content (AvgIpc) is 3.00. The maximum atomic E-state index is 6.15. The monoisotopic (exact) mass is 276 g/mol. The van der Waals surface area contributed by atoms with Gasteiger partial charge < -0.3 is 13.8 Å². The van der Waals surface area contributed by atoms with Crippen LogP contribution in [0.3, 0.4) is 0 Å². The van der Waals surface area contributed by atoms with Gasteiger partial charge in [0.15, 0.2) is 5.76 Å². The van der Waals surface area contributed by atoms with Crippen LogP contribution in [0, 0.1) is 0 Å². The van der Waals surface area contributed by atoms with E-state index in [0.29, 0.717) is 13.2 Å². The van der Waals surface area contributed by atoms with Crippen LogP contribution in [0.25, 0.3) is 10.9 Å². The zero-order valence-corrected chi connectivity index (χ0v) is 11.2. The van der Waals surface area contributed by atoms with Crippen LogP contribution in [0.15, 0.2) is 41.1 Å². The highest BCUT2D eigenvalue weighted by molar-refractivity contribution is 6.35. The van der Waals surface area contributed by atoms with Gasteiger partial charge in [-0.25, -0.2) is 0 Å². The second-order valence-corrected chi connectivity index (χ2v) is 4.74. The fraction of sp³-hybridized carbons (Fsp3) is 0.214. The molecule has 1 aromatic carbocycles. The summed E-state index contributed by atoms with van der Waals surface area (Å²) in [4.78, 5) is 0. The predicted molar refractivity (Wildman–Crippen MR) is 73.3 cm³/mol. The van der Waals surface area contributed by atoms with Gasteiger partial charge >= 0.3 is 0 Å². The minimum Gasteiger partial charge on any atom is -0.377 e. The van der Waals surface area contributed by atoms with Crippen LogP contribution in [0.2, 0.25) is 5.02 Å². The Morgan fingerprint density at radius 2 is 2.26 bits per heavy atom. The first-order valence-corrected chi connectivity index (χ1v) is 6.32. The van der Waals surface area contributed by atoms with Crippen molar-refractivity contribution < 1.29 is 9.26 Å². The SMILES string of the molecule is COCc1cc(Cn2ccc3c(Cl)cccc32)no1. The van der Waals surface area contributed by atoms with Crippen molar-refractivity contribution >= 4 is 22.5 Å². The Balaban J connectivity index is 1.90. The summed E-state index contributed by atoms with van der Waals surface area (Å²) in [5.41, 5.74) is 1.95. The predicted octanol–water partition coefficient (Wildman–Crippen LogP) is 3.48. The van der Waals surface area contributed by atoms with Gasteiger partial charge in [-0.2, -0.15) is 0 Å². The summed E-state index contributed by atoms with van der Waals surface area (Å²) in [6.45, 7) is 1.09. The molecular weight excluding hydrogens is 264 g/mol. The number of hydrogen-bond donors (Lipinski definition) is 0. The van der Waals surface area contributed by atoms with Gasteiger partial charge in [0, 0.05) is 35.3 Å². The maximum absolute atomic E-state index is 6.15. The first-order chi connectivity index (χ1) is 9.28. The molecule has 0 bridgehead atoms. The van der Waals surface area contributed by atoms with E-state index >= 15 is 0 Å². The van der Waals surface area contributed by atoms with Gasteiger partial charge in [-0.3, -0.25) is 0 Å². The van der Waals surface area contributed by atoms with E-state index in [2.05, 4.69) is 9.72 Å². The summed E-state index contributed by atoms with van der Waals surface area (Å²) in [5.74, 6) is 0.729. The number of hydrogen-bond acceptors (Lipinski definition) is 3. The van der Waals surface area contributed by atoms with E-state index in [-0.39, 0.29) is 0 Å². The van der Waals surface area contributed by atoms with E-state index in [4.69, 9.17) is 20.9 Å². The minimum absolute atomic E-state index is 0.436. The van der Waals surface area contributed by atoms with Crippen molar-refractivity contribution in [2.45, 2.75) is 13.2 Å². The molecule has 3 aromatic rings. The number of fused-ring (bicyclic) bond motifs is 1. The molecule has 0 aliphatic heterocycles. The molecule has 98 valence electrons. The molecule has 0 aliphatic carbocycles. The van der Waals surface area contributed by atoms with Crippen LogP contribution in [-0.2, 0) is 17.9 Å². The quantitative estimate of drug-likeness (QED) is 0.732. The number of methoxy groups -OCH3 is 1. The average molecular weight is 277 g/mol. The van der Waals surface area contributed by atoms with Crippen LogP contribution >= 0.6 is 11.6 Å². The Morgan fingerprint density at radius 1 is 1.37 bits per heavy atom. The Bertz CT molecular complexity index is 702. The molecule has 2 heterocycles. The van der Waals surface area contributed by atoms with Gasteiger partial charge in [0.1, 0.15) is 12.3 Å². The minimum atomic E-state index is 0.436. The number of halogens is 1. The Labute approximate surface area is 115 Å². The molecule has 2 aromatic heterocycles. The maximum Gasteiger partial charge on any atom is 0.162 e. The number of nitrogens with zero attached hydrogens (tertiary/aromatic N) is 2. The lowest BCUT2D eigenvalue weighted by molar-refractivity contribution is 0.155. The van der Waals surface area contributed by atoms with E-state index in [9.17, 15) is 0 Å². The molecule has 0 spiro atoms. The summed E-state index contributed by atoms with van der Waals surface area (Å²) in [6.07, 6.45) is 2.00. The molecule has 0 aliphatic rings. The Kier molecular flexibility index (Phi) is 3.27. The highest BCUT2D eigenvalue weighted by Gasteiger charge is 2.08. The van der Waals surface area contributed by atoms with Crippen molar-refractivity contribution in [1.29, 1.82) is 0 Å². The number of ether oxygens (including phenoxy) is 1. The molecule has 0 fully saturated rings. The van der Waals surface area contributed by atoms with Gasteiger partial charge in [0.25, 0.3) is 0 Å². The van der Waals surface area contributed by atoms with Crippen molar-refractivity contribution in [3.63, 3.8) is 0 Å². The van der Waals surface area contributed by atoms with Crippen molar-refractivity contribution in [2.75, 3.05) is 7.11 Å². The van der Waals surface area contributed by atoms with E-state index in [0.717, 1.165) is 27.4 Å². The molecule has 5 heteroatoms. The zero-order valence-electron chi connectivity index (χ0n) is 10.5. The lowest BCUT2D eigenvalue weighted by Crippen LogP contribution is -1.97. The van der Waals surface area contributed by atoms with Crippen molar-refractivity contribution in [3.8, 4) is 0 Å². The van der Waals surface area contributed by atoms with Gasteiger partial charge in [-0.1, -0.05) is 22.8 Å². The summed E-state index contributed by atoms with van der Waals surface area (Å²) >= 11 is 6.15. The van der Waals surface area contributed by atoms with Gasteiger partial charge in [-0.05, 0) is 18.2 Å². The first-order valence-electron chi connectivity index (χ1n) is 5.94. The molecular formula is C14H13ClN2O2. The second-order valence-electron chi connectivity index (χ2n) is 4.33. The Morgan fingerprint density at radius 3 is 3.11 bits per heavy atom. The highest BCUT2D eigenvalue weighted by atomic mass is 35.5. The topological polar surface area (TPSA) is 40.2 Å². The summed E-state index contributed by atoms with van der Waals surface area (Å²) < 4.78 is 12.3. The van der Waals surface area contributed by atoms with E-state index < -0.39 is 0 Å². The van der Waals surface area contributed by atoms with Crippen LogP contribution in [0.4, 0.5) is 0 Å². The molecule has 0 radical (unpaired) electrons. The summed E-state index contributed by atoms with van der Waals surface area (Å²) in [5, 5.41) is 5.84. The normalized spacial score (nSPS) is 11.3. The molecule has 3 rings (SSSR count). The third-order valence-electron chi connectivity index (χ3n) is 2.99. The number of benzene rings is 1. The molecule has 4 nitrogen and oxygen atoms in total. The third kappa shape index (κ3) is 2.37. The summed E-state index contributed by atoms with van der Waals surface area (Å²) in [7, 11) is 1.63. The van der Waals surface area contributed by atoms with Gasteiger partial charge in [-0.15, -0.1) is 0 Å². The second kappa shape index (κ2) is 5.07. The van der Waals surface area contributed by atoms with Gasteiger partial charge in [0.05, 0.1) is 6.54 Å². The van der Waals surface area contributed by atoms with E-state index in [1.165, 1.54) is 0 Å². The number of aromatic nitrogens is 2. The van der Waals surface area contributed by atoms with E-state index in [1.807, 2.05) is 36.5 Å². The molecule has 0 unspecified atom stereocenters. The van der Waals surface area contributed by atoms with Crippen molar-refractivity contribution in [2.24, 2.45) is 0 Å². The van der Waals surface area contributed by atoms with E-state index in [1.54, 1.807) is 7.11 Å². The standard InChI is InChI=1S/C14H13ClN2O2/c1-18-9-11-7-10(16-19-11)8-17-6-5-12-13(15)3-2-4-14(12)17/h2-7H,8-9H2,1H3. The van der Waals surface area contributed by atoms with Crippen molar-refractivity contribution in [1.82, 2.24) is 9.72 Å². The van der Waals surface area contributed by atoms with Crippen LogP contribution in [0.1, 0.15) is 11.5 Å². The molecule has 0 saturated heterocycles. The fourth-order valence-electron chi connectivity index (χ4n) is 2.14. The van der Waals surface area contributed by atoms with Crippen LogP contribution < -0.4 is 0 Å². The van der Waals surface area contributed by atoms with Gasteiger partial charge in [0.2, 0.25) is 0 Å². The molecule has 0 amide bonds. The van der Waals surface area contributed by atoms with Crippen molar-refractivity contribution in [3.05, 3.63) is 53.0 Å². The third-order valence-corrected chi connectivity index (χ3v) is 3.32. The lowest BCUT2D eigenvalue weighted by Gasteiger charge is -2.02. The largest absolute Gasteiger partial charge is 0.377 e.